The number of carbonyl (C=O) groups excluding carboxylic acids is 2. The zero-order valence-corrected chi connectivity index (χ0v) is 19.6. The maximum atomic E-state index is 8.12. The van der Waals surface area contributed by atoms with Gasteiger partial charge in [0.05, 0.1) is 0 Å². The maximum absolute atomic E-state index is 8.12. The summed E-state index contributed by atoms with van der Waals surface area (Å²) in [6.45, 7) is 4.54. The standard InChI is InChI=1S/C26H40N2.CO2/c1-3-5-7-9-10-12-14-16-24-21-27-26(28-22-24)25-19-17-23(18-20-25)15-13-11-8-6-4-2;2-1-3/h17-22H,3-16H2,1-2H3;. The summed E-state index contributed by atoms with van der Waals surface area (Å²) in [5.74, 6) is 0.845. The Bertz CT molecular complexity index is 705. The summed E-state index contributed by atoms with van der Waals surface area (Å²) < 4.78 is 0. The summed E-state index contributed by atoms with van der Waals surface area (Å²) in [7, 11) is 0. The summed E-state index contributed by atoms with van der Waals surface area (Å²) in [4.78, 5) is 25.5. The highest BCUT2D eigenvalue weighted by Gasteiger charge is 2.03. The first-order valence-electron chi connectivity index (χ1n) is 12.1. The van der Waals surface area contributed by atoms with Gasteiger partial charge < -0.3 is 0 Å². The van der Waals surface area contributed by atoms with Gasteiger partial charge in [0, 0.05) is 18.0 Å². The third kappa shape index (κ3) is 12.9. The summed E-state index contributed by atoms with van der Waals surface area (Å²) in [6, 6.07) is 8.83. The lowest BCUT2D eigenvalue weighted by Gasteiger charge is -2.05. The number of hydrogen-bond acceptors (Lipinski definition) is 4. The van der Waals surface area contributed by atoms with Crippen LogP contribution in [0.4, 0.5) is 0 Å². The highest BCUT2D eigenvalue weighted by molar-refractivity contribution is 5.55. The number of benzene rings is 1. The minimum absolute atomic E-state index is 0.250. The predicted molar refractivity (Wildman–Crippen MR) is 127 cm³/mol. The van der Waals surface area contributed by atoms with Gasteiger partial charge in [-0.15, -0.1) is 0 Å². The van der Waals surface area contributed by atoms with Crippen LogP contribution in [0.3, 0.4) is 0 Å². The second kappa shape index (κ2) is 18.4. The van der Waals surface area contributed by atoms with Gasteiger partial charge in [-0.1, -0.05) is 102 Å². The van der Waals surface area contributed by atoms with E-state index in [0.717, 1.165) is 17.8 Å². The molecule has 2 aromatic rings. The molecule has 4 heteroatoms. The highest BCUT2D eigenvalue weighted by Crippen LogP contribution is 2.18. The molecule has 0 bridgehead atoms. The Labute approximate surface area is 188 Å². The molecule has 4 nitrogen and oxygen atoms in total. The normalized spacial score (nSPS) is 10.3. The van der Waals surface area contributed by atoms with Crippen LogP contribution in [0, 0.1) is 0 Å². The van der Waals surface area contributed by atoms with E-state index < -0.39 is 0 Å². The van der Waals surface area contributed by atoms with Gasteiger partial charge in [-0.25, -0.2) is 9.97 Å². The molecular formula is C27H40N2O2. The van der Waals surface area contributed by atoms with Gasteiger partial charge >= 0.3 is 6.15 Å². The van der Waals surface area contributed by atoms with Crippen molar-refractivity contribution in [2.45, 2.75) is 104 Å². The number of nitrogens with zero attached hydrogens (tertiary/aromatic N) is 2. The third-order valence-corrected chi connectivity index (χ3v) is 5.56. The first-order chi connectivity index (χ1) is 15.2. The number of aryl methyl sites for hydroxylation is 2. The van der Waals surface area contributed by atoms with Gasteiger partial charge in [-0.2, -0.15) is 9.59 Å². The molecule has 170 valence electrons. The molecule has 1 aromatic carbocycles. The minimum atomic E-state index is 0.250. The van der Waals surface area contributed by atoms with Crippen molar-refractivity contribution in [1.29, 1.82) is 0 Å². The molecule has 0 aliphatic carbocycles. The highest BCUT2D eigenvalue weighted by atomic mass is 16.2. The van der Waals surface area contributed by atoms with Gasteiger partial charge in [-0.05, 0) is 36.8 Å². The molecule has 0 fully saturated rings. The van der Waals surface area contributed by atoms with E-state index in [-0.39, 0.29) is 6.15 Å². The van der Waals surface area contributed by atoms with E-state index in [4.69, 9.17) is 9.59 Å². The van der Waals surface area contributed by atoms with Crippen molar-refractivity contribution in [2.24, 2.45) is 0 Å². The van der Waals surface area contributed by atoms with Crippen molar-refractivity contribution >= 4 is 6.15 Å². The first kappa shape index (κ1) is 26.7. The molecule has 1 aromatic heterocycles. The molecule has 1 heterocycles. The lowest BCUT2D eigenvalue weighted by Crippen LogP contribution is -1.94. The number of hydrogen-bond donors (Lipinski definition) is 0. The molecule has 0 atom stereocenters. The molecular weight excluding hydrogens is 384 g/mol. The van der Waals surface area contributed by atoms with Crippen LogP contribution in [0.25, 0.3) is 11.4 Å². The van der Waals surface area contributed by atoms with E-state index in [0.29, 0.717) is 0 Å². The molecule has 0 saturated carbocycles. The zero-order valence-electron chi connectivity index (χ0n) is 19.6. The van der Waals surface area contributed by atoms with Crippen molar-refractivity contribution in [3.8, 4) is 11.4 Å². The first-order valence-corrected chi connectivity index (χ1v) is 12.1. The van der Waals surface area contributed by atoms with E-state index >= 15 is 0 Å². The summed E-state index contributed by atoms with van der Waals surface area (Å²) >= 11 is 0. The molecule has 0 N–H and O–H groups in total. The summed E-state index contributed by atoms with van der Waals surface area (Å²) in [5.41, 5.74) is 3.81. The van der Waals surface area contributed by atoms with E-state index in [1.807, 2.05) is 12.4 Å². The molecule has 0 radical (unpaired) electrons. The topological polar surface area (TPSA) is 59.9 Å². The Balaban J connectivity index is 0.00000151. The fraction of sp³-hybridized carbons (Fsp3) is 0.593. The van der Waals surface area contributed by atoms with Crippen molar-refractivity contribution < 1.29 is 9.59 Å². The van der Waals surface area contributed by atoms with E-state index in [9.17, 15) is 0 Å². The Morgan fingerprint density at radius 3 is 1.52 bits per heavy atom. The van der Waals surface area contributed by atoms with Crippen LogP contribution < -0.4 is 0 Å². The van der Waals surface area contributed by atoms with Crippen LogP contribution in [-0.2, 0) is 22.4 Å². The average Bonchev–Trinajstić information content (AvgIpc) is 2.80. The Hall–Kier alpha value is -2.32. The monoisotopic (exact) mass is 424 g/mol. The quantitative estimate of drug-likeness (QED) is 0.280. The van der Waals surface area contributed by atoms with Crippen molar-refractivity contribution in [2.75, 3.05) is 0 Å². The Kier molecular flexibility index (Phi) is 15.9. The molecule has 0 aliphatic heterocycles. The van der Waals surface area contributed by atoms with Gasteiger partial charge in [0.25, 0.3) is 0 Å². The number of aromatic nitrogens is 2. The maximum Gasteiger partial charge on any atom is 0.373 e. The lowest BCUT2D eigenvalue weighted by molar-refractivity contribution is -0.191. The molecule has 2 rings (SSSR count). The molecule has 0 spiro atoms. The van der Waals surface area contributed by atoms with E-state index in [1.165, 1.54) is 94.6 Å². The SMILES string of the molecule is CCCCCCCCCc1cnc(-c2ccc(CCCCCCC)cc2)nc1.O=C=O. The molecule has 0 amide bonds. The van der Waals surface area contributed by atoms with Gasteiger partial charge in [0.1, 0.15) is 0 Å². The second-order valence-corrected chi connectivity index (χ2v) is 8.23. The van der Waals surface area contributed by atoms with Crippen molar-refractivity contribution in [3.05, 3.63) is 47.8 Å². The van der Waals surface area contributed by atoms with E-state index in [2.05, 4.69) is 48.1 Å². The second-order valence-electron chi connectivity index (χ2n) is 8.23. The zero-order chi connectivity index (χ0) is 22.6. The molecule has 31 heavy (non-hydrogen) atoms. The van der Waals surface area contributed by atoms with Crippen LogP contribution in [0.2, 0.25) is 0 Å². The Morgan fingerprint density at radius 2 is 1.03 bits per heavy atom. The molecule has 0 unspecified atom stereocenters. The Morgan fingerprint density at radius 1 is 0.613 bits per heavy atom. The molecule has 0 aliphatic rings. The van der Waals surface area contributed by atoms with Gasteiger partial charge in [-0.3, -0.25) is 0 Å². The van der Waals surface area contributed by atoms with Crippen LogP contribution in [-0.4, -0.2) is 16.1 Å². The van der Waals surface area contributed by atoms with Crippen molar-refractivity contribution in [3.63, 3.8) is 0 Å². The molecule has 0 saturated heterocycles. The van der Waals surface area contributed by atoms with E-state index in [1.54, 1.807) is 0 Å². The fourth-order valence-electron chi connectivity index (χ4n) is 3.67. The van der Waals surface area contributed by atoms with Crippen LogP contribution in [0.5, 0.6) is 0 Å². The predicted octanol–water partition coefficient (Wildman–Crippen LogP) is 7.37. The van der Waals surface area contributed by atoms with Crippen LogP contribution >= 0.6 is 0 Å². The third-order valence-electron chi connectivity index (χ3n) is 5.56. The van der Waals surface area contributed by atoms with Crippen molar-refractivity contribution in [1.82, 2.24) is 9.97 Å². The fourth-order valence-corrected chi connectivity index (χ4v) is 3.67. The van der Waals surface area contributed by atoms with Gasteiger partial charge in [0.15, 0.2) is 5.82 Å². The smallest absolute Gasteiger partial charge is 0.236 e. The van der Waals surface area contributed by atoms with Crippen LogP contribution in [0.1, 0.15) is 102 Å². The average molecular weight is 425 g/mol. The largest absolute Gasteiger partial charge is 0.373 e. The minimum Gasteiger partial charge on any atom is -0.236 e. The lowest BCUT2D eigenvalue weighted by atomic mass is 10.0. The van der Waals surface area contributed by atoms with Crippen LogP contribution in [0.15, 0.2) is 36.7 Å². The number of rotatable bonds is 15. The summed E-state index contributed by atoms with van der Waals surface area (Å²) in [6.07, 6.45) is 22.7. The number of unbranched alkanes of at least 4 members (excludes halogenated alkanes) is 10. The van der Waals surface area contributed by atoms with Gasteiger partial charge in [0.2, 0.25) is 0 Å². The summed E-state index contributed by atoms with van der Waals surface area (Å²) in [5, 5.41) is 0.